The predicted molar refractivity (Wildman–Crippen MR) is 125 cm³/mol. The summed E-state index contributed by atoms with van der Waals surface area (Å²) in [6, 6.07) is 9.79. The van der Waals surface area contributed by atoms with Crippen molar-refractivity contribution in [3.8, 4) is 5.82 Å². The highest BCUT2D eigenvalue weighted by Gasteiger charge is 2.36. The molecule has 0 saturated carbocycles. The Bertz CT molecular complexity index is 1360. The number of nitrogens with zero attached hydrogens (tertiary/aromatic N) is 3. The molecule has 34 heavy (non-hydrogen) atoms. The maximum atomic E-state index is 13.2. The number of benzene rings is 1. The van der Waals surface area contributed by atoms with E-state index in [0.717, 1.165) is 34.0 Å². The average molecular weight is 485 g/mol. The van der Waals surface area contributed by atoms with Crippen LogP contribution < -0.4 is 10.2 Å². The first kappa shape index (κ1) is 23.4. The molecule has 2 aromatic heterocycles. The van der Waals surface area contributed by atoms with Gasteiger partial charge < -0.3 is 4.57 Å². The Morgan fingerprint density at radius 2 is 1.79 bits per heavy atom. The van der Waals surface area contributed by atoms with E-state index in [1.54, 1.807) is 12.3 Å². The summed E-state index contributed by atoms with van der Waals surface area (Å²) in [5.74, 6) is -0.862. The topological polar surface area (TPSA) is 67.2 Å². The molecule has 2 amide bonds. The quantitative estimate of drug-likeness (QED) is 0.334. The Morgan fingerprint density at radius 3 is 2.44 bits per heavy atom. The molecule has 1 N–H and O–H groups in total. The molecule has 1 fully saturated rings. The highest BCUT2D eigenvalue weighted by atomic mass is 32.1. The summed E-state index contributed by atoms with van der Waals surface area (Å²) < 4.78 is 41.4. The summed E-state index contributed by atoms with van der Waals surface area (Å²) in [7, 11) is 0. The van der Waals surface area contributed by atoms with E-state index >= 15 is 0 Å². The second-order valence-corrected chi connectivity index (χ2v) is 8.25. The zero-order valence-electron chi connectivity index (χ0n) is 18.4. The fourth-order valence-corrected chi connectivity index (χ4v) is 4.03. The third-order valence-electron chi connectivity index (χ3n) is 5.43. The summed E-state index contributed by atoms with van der Waals surface area (Å²) >= 11 is 5.09. The molecule has 0 aliphatic carbocycles. The summed E-state index contributed by atoms with van der Waals surface area (Å²) in [4.78, 5) is 31.2. The third-order valence-corrected chi connectivity index (χ3v) is 5.71. The van der Waals surface area contributed by atoms with Crippen LogP contribution in [-0.4, -0.2) is 26.5 Å². The van der Waals surface area contributed by atoms with Crippen LogP contribution in [0.4, 0.5) is 18.9 Å². The molecule has 10 heteroatoms. The Kier molecular flexibility index (Phi) is 5.86. The number of pyridine rings is 1. The minimum Gasteiger partial charge on any atom is -0.303 e. The molecule has 0 unspecified atom stereocenters. The standard InChI is InChI=1S/C24H19F3N4O2S/c1-13-7-8-20(28-12-13)30-14(2)9-16(15(30)3)10-19-21(32)29-23(34)31(22(19)33)18-6-4-5-17(11-18)24(25,26)27/h4-12H,1-3H3,(H,29,32,34)/b19-10+. The maximum Gasteiger partial charge on any atom is 0.416 e. The lowest BCUT2D eigenvalue weighted by molar-refractivity contribution is -0.137. The van der Waals surface area contributed by atoms with Gasteiger partial charge in [-0.1, -0.05) is 12.1 Å². The molecule has 3 heterocycles. The number of halogens is 3. The van der Waals surface area contributed by atoms with Crippen molar-refractivity contribution in [2.75, 3.05) is 4.90 Å². The van der Waals surface area contributed by atoms with Crippen molar-refractivity contribution in [3.05, 3.63) is 82.3 Å². The Balaban J connectivity index is 1.75. The molecule has 0 spiro atoms. The van der Waals surface area contributed by atoms with Gasteiger partial charge in [0.15, 0.2) is 5.11 Å². The second-order valence-electron chi connectivity index (χ2n) is 7.86. The lowest BCUT2D eigenvalue weighted by Crippen LogP contribution is -2.54. The normalized spacial score (nSPS) is 15.8. The number of carbonyl (C=O) groups excluding carboxylic acids is 2. The van der Waals surface area contributed by atoms with Crippen LogP contribution in [0.2, 0.25) is 0 Å². The number of aryl methyl sites for hydroxylation is 2. The molecule has 0 atom stereocenters. The fraction of sp³-hybridized carbons (Fsp3) is 0.167. The van der Waals surface area contributed by atoms with Crippen molar-refractivity contribution in [1.82, 2.24) is 14.9 Å². The molecule has 0 radical (unpaired) electrons. The largest absolute Gasteiger partial charge is 0.416 e. The van der Waals surface area contributed by atoms with E-state index in [1.807, 2.05) is 37.5 Å². The van der Waals surface area contributed by atoms with E-state index in [4.69, 9.17) is 12.2 Å². The first-order valence-electron chi connectivity index (χ1n) is 10.2. The number of thiocarbonyl (C=S) groups is 1. The highest BCUT2D eigenvalue weighted by Crippen LogP contribution is 2.33. The zero-order valence-corrected chi connectivity index (χ0v) is 19.2. The average Bonchev–Trinajstić information content (AvgIpc) is 3.04. The number of aromatic nitrogens is 2. The van der Waals surface area contributed by atoms with E-state index < -0.39 is 23.6 Å². The molecule has 0 bridgehead atoms. The number of nitrogens with one attached hydrogen (secondary N) is 1. The van der Waals surface area contributed by atoms with Crippen molar-refractivity contribution in [2.24, 2.45) is 0 Å². The van der Waals surface area contributed by atoms with Gasteiger partial charge in [-0.2, -0.15) is 13.2 Å². The van der Waals surface area contributed by atoms with Gasteiger partial charge in [-0.15, -0.1) is 0 Å². The van der Waals surface area contributed by atoms with Gasteiger partial charge in [-0.25, -0.2) is 4.98 Å². The highest BCUT2D eigenvalue weighted by molar-refractivity contribution is 7.80. The summed E-state index contributed by atoms with van der Waals surface area (Å²) in [5, 5.41) is 2.10. The monoisotopic (exact) mass is 484 g/mol. The van der Waals surface area contributed by atoms with Gasteiger partial charge in [-0.05, 0) is 80.5 Å². The Hall–Kier alpha value is -3.79. The molecule has 3 aromatic rings. The third kappa shape index (κ3) is 4.24. The van der Waals surface area contributed by atoms with E-state index in [1.165, 1.54) is 18.2 Å². The predicted octanol–water partition coefficient (Wildman–Crippen LogP) is 4.65. The van der Waals surface area contributed by atoms with Gasteiger partial charge in [0.05, 0.1) is 11.3 Å². The minimum atomic E-state index is -4.60. The first-order valence-corrected chi connectivity index (χ1v) is 10.6. The van der Waals surface area contributed by atoms with Gasteiger partial charge in [-0.3, -0.25) is 19.8 Å². The minimum absolute atomic E-state index is 0.0925. The van der Waals surface area contributed by atoms with Gasteiger partial charge >= 0.3 is 6.18 Å². The van der Waals surface area contributed by atoms with Crippen LogP contribution in [0.25, 0.3) is 11.9 Å². The van der Waals surface area contributed by atoms with E-state index in [9.17, 15) is 22.8 Å². The van der Waals surface area contributed by atoms with E-state index in [0.29, 0.717) is 11.4 Å². The number of hydrogen-bond acceptors (Lipinski definition) is 4. The summed E-state index contributed by atoms with van der Waals surface area (Å²) in [5.41, 5.74) is 1.89. The van der Waals surface area contributed by atoms with Crippen LogP contribution in [0.1, 0.15) is 28.1 Å². The lowest BCUT2D eigenvalue weighted by atomic mass is 10.1. The van der Waals surface area contributed by atoms with Crippen LogP contribution in [0, 0.1) is 20.8 Å². The van der Waals surface area contributed by atoms with Crippen LogP contribution in [0.5, 0.6) is 0 Å². The number of anilines is 1. The van der Waals surface area contributed by atoms with Crippen molar-refractivity contribution >= 4 is 40.9 Å². The Morgan fingerprint density at radius 1 is 1.06 bits per heavy atom. The number of carbonyl (C=O) groups is 2. The van der Waals surface area contributed by atoms with Crippen LogP contribution in [0.15, 0.2) is 54.2 Å². The number of rotatable bonds is 3. The molecule has 1 saturated heterocycles. The molecule has 1 aromatic carbocycles. The van der Waals surface area contributed by atoms with Crippen LogP contribution in [-0.2, 0) is 15.8 Å². The van der Waals surface area contributed by atoms with Crippen molar-refractivity contribution in [1.29, 1.82) is 0 Å². The number of hydrogen-bond donors (Lipinski definition) is 1. The molecular formula is C24H19F3N4O2S. The summed E-state index contributed by atoms with van der Waals surface area (Å²) in [6.45, 7) is 5.61. The van der Waals surface area contributed by atoms with Gasteiger partial charge in [0.2, 0.25) is 0 Å². The first-order chi connectivity index (χ1) is 16.0. The molecule has 174 valence electrons. The van der Waals surface area contributed by atoms with Crippen LogP contribution >= 0.6 is 12.2 Å². The van der Waals surface area contributed by atoms with Crippen LogP contribution in [0.3, 0.4) is 0 Å². The van der Waals surface area contributed by atoms with Gasteiger partial charge in [0, 0.05) is 17.6 Å². The second kappa shape index (κ2) is 8.53. The zero-order chi connectivity index (χ0) is 24.8. The Labute approximate surface area is 198 Å². The van der Waals surface area contributed by atoms with Crippen molar-refractivity contribution in [3.63, 3.8) is 0 Å². The van der Waals surface area contributed by atoms with Crippen molar-refractivity contribution in [2.45, 2.75) is 26.9 Å². The molecule has 4 rings (SSSR count). The molecule has 6 nitrogen and oxygen atoms in total. The summed E-state index contributed by atoms with van der Waals surface area (Å²) in [6.07, 6.45) is -1.45. The SMILES string of the molecule is Cc1ccc(-n2c(C)cc(/C=C3\C(=O)NC(=S)N(c4cccc(C(F)(F)F)c4)C3=O)c2C)nc1. The van der Waals surface area contributed by atoms with E-state index in [2.05, 4.69) is 10.3 Å². The number of amides is 2. The molecular weight excluding hydrogens is 465 g/mol. The fourth-order valence-electron chi connectivity index (χ4n) is 3.75. The van der Waals surface area contributed by atoms with Gasteiger partial charge in [0.25, 0.3) is 11.8 Å². The molecule has 1 aliphatic heterocycles. The van der Waals surface area contributed by atoms with Crippen molar-refractivity contribution < 1.29 is 22.8 Å². The van der Waals surface area contributed by atoms with E-state index in [-0.39, 0.29) is 16.4 Å². The molecule has 1 aliphatic rings. The van der Waals surface area contributed by atoms with Gasteiger partial charge in [0.1, 0.15) is 11.4 Å². The maximum absolute atomic E-state index is 13.2. The lowest BCUT2D eigenvalue weighted by Gasteiger charge is -2.29. The smallest absolute Gasteiger partial charge is 0.303 e. The number of alkyl halides is 3.